The molecule has 0 unspecified atom stereocenters. The Labute approximate surface area is 167 Å². The Hall–Kier alpha value is -2.13. The van der Waals surface area contributed by atoms with Gasteiger partial charge in [0.25, 0.3) is 0 Å². The van der Waals surface area contributed by atoms with Crippen molar-refractivity contribution < 1.29 is 26.0 Å². The number of hydrogen-bond donors (Lipinski definition) is 1. The molecule has 2 N–H and O–H groups in total. The van der Waals surface area contributed by atoms with Crippen molar-refractivity contribution in [2.45, 2.75) is 4.90 Å². The molecule has 28 heavy (non-hydrogen) atoms. The van der Waals surface area contributed by atoms with Gasteiger partial charge in [-0.15, -0.1) is 0 Å². The summed E-state index contributed by atoms with van der Waals surface area (Å²) in [5.74, 6) is -7.33. The first-order chi connectivity index (χ1) is 13.0. The van der Waals surface area contributed by atoms with Crippen LogP contribution in [0.1, 0.15) is 0 Å². The van der Waals surface area contributed by atoms with E-state index in [0.29, 0.717) is 0 Å². The van der Waals surface area contributed by atoms with Gasteiger partial charge < -0.3 is 0 Å². The van der Waals surface area contributed by atoms with Crippen LogP contribution in [0.3, 0.4) is 0 Å². The van der Waals surface area contributed by atoms with Crippen LogP contribution in [0.25, 0.3) is 22.3 Å². The Morgan fingerprint density at radius 2 is 1.11 bits per heavy atom. The molecule has 0 fully saturated rings. The van der Waals surface area contributed by atoms with Crippen LogP contribution in [-0.2, 0) is 10.0 Å². The monoisotopic (exact) mass is 449 g/mol. The zero-order valence-electron chi connectivity index (χ0n) is 13.6. The first-order valence-corrected chi connectivity index (χ1v) is 9.76. The average molecular weight is 450 g/mol. The number of primary sulfonamides is 1. The van der Waals surface area contributed by atoms with Crippen LogP contribution in [0.2, 0.25) is 10.0 Å². The van der Waals surface area contributed by atoms with Crippen molar-refractivity contribution in [1.82, 2.24) is 0 Å². The molecule has 3 rings (SSSR count). The fourth-order valence-corrected chi connectivity index (χ4v) is 3.72. The van der Waals surface area contributed by atoms with E-state index in [2.05, 4.69) is 0 Å². The van der Waals surface area contributed by atoms with Crippen LogP contribution in [0, 0.1) is 23.3 Å². The maximum atomic E-state index is 14.6. The van der Waals surface area contributed by atoms with Crippen molar-refractivity contribution in [2.75, 3.05) is 0 Å². The molecule has 0 heterocycles. The molecule has 146 valence electrons. The molecule has 0 amide bonds. The second kappa shape index (κ2) is 7.36. The molecule has 0 aromatic heterocycles. The molecule has 0 aliphatic heterocycles. The van der Waals surface area contributed by atoms with Crippen LogP contribution < -0.4 is 5.14 Å². The minimum absolute atomic E-state index is 0.0579. The number of nitrogens with two attached hydrogens (primary N) is 1. The molecule has 0 bridgehead atoms. The second-order valence-electron chi connectivity index (χ2n) is 5.73. The van der Waals surface area contributed by atoms with Gasteiger partial charge in [0.05, 0.1) is 4.90 Å². The lowest BCUT2D eigenvalue weighted by Crippen LogP contribution is -2.11. The molecular weight excluding hydrogens is 441 g/mol. The maximum absolute atomic E-state index is 14.6. The van der Waals surface area contributed by atoms with Crippen molar-refractivity contribution in [3.05, 3.63) is 75.8 Å². The lowest BCUT2D eigenvalue weighted by molar-refractivity contribution is 0.412. The van der Waals surface area contributed by atoms with Crippen LogP contribution in [-0.4, -0.2) is 8.42 Å². The number of hydrogen-bond acceptors (Lipinski definition) is 2. The van der Waals surface area contributed by atoms with E-state index in [1.807, 2.05) is 0 Å². The lowest BCUT2D eigenvalue weighted by Gasteiger charge is -2.15. The molecule has 0 atom stereocenters. The number of halogens is 6. The SMILES string of the molecule is NS(=O)(=O)c1ccc(-c2c(F)c(F)c(F)c(F)c2-c2cc(Cl)cc(Cl)c2)cc1. The van der Waals surface area contributed by atoms with Gasteiger partial charge in [-0.2, -0.15) is 0 Å². The van der Waals surface area contributed by atoms with Crippen LogP contribution in [0.5, 0.6) is 0 Å². The first-order valence-electron chi connectivity index (χ1n) is 7.46. The van der Waals surface area contributed by atoms with Gasteiger partial charge in [0.1, 0.15) is 0 Å². The Morgan fingerprint density at radius 3 is 1.54 bits per heavy atom. The van der Waals surface area contributed by atoms with E-state index in [1.54, 1.807) is 0 Å². The molecule has 0 aliphatic carbocycles. The quantitative estimate of drug-likeness (QED) is 0.324. The van der Waals surface area contributed by atoms with E-state index in [9.17, 15) is 26.0 Å². The molecule has 0 spiro atoms. The third-order valence-electron chi connectivity index (χ3n) is 3.89. The van der Waals surface area contributed by atoms with Gasteiger partial charge in [0.15, 0.2) is 23.3 Å². The van der Waals surface area contributed by atoms with Gasteiger partial charge in [-0.1, -0.05) is 35.3 Å². The molecule has 3 nitrogen and oxygen atoms in total. The normalized spacial score (nSPS) is 11.7. The summed E-state index contributed by atoms with van der Waals surface area (Å²) in [7, 11) is -4.05. The van der Waals surface area contributed by atoms with Gasteiger partial charge in [0.2, 0.25) is 10.0 Å². The zero-order chi connectivity index (χ0) is 20.8. The van der Waals surface area contributed by atoms with Gasteiger partial charge >= 0.3 is 0 Å². The highest BCUT2D eigenvalue weighted by atomic mass is 35.5. The summed E-state index contributed by atoms with van der Waals surface area (Å²) in [5.41, 5.74) is -1.47. The molecule has 0 radical (unpaired) electrons. The summed E-state index contributed by atoms with van der Waals surface area (Å²) in [6.45, 7) is 0. The van der Waals surface area contributed by atoms with E-state index < -0.39 is 44.4 Å². The minimum atomic E-state index is -4.05. The molecule has 0 aliphatic rings. The van der Waals surface area contributed by atoms with Crippen molar-refractivity contribution in [3.8, 4) is 22.3 Å². The third-order valence-corrected chi connectivity index (χ3v) is 5.26. The van der Waals surface area contributed by atoms with Gasteiger partial charge in [-0.3, -0.25) is 0 Å². The molecule has 0 saturated heterocycles. The Bertz CT molecular complexity index is 1180. The highest BCUT2D eigenvalue weighted by Crippen LogP contribution is 2.40. The van der Waals surface area contributed by atoms with E-state index in [1.165, 1.54) is 18.2 Å². The lowest BCUT2D eigenvalue weighted by atomic mass is 9.93. The highest BCUT2D eigenvalue weighted by Gasteiger charge is 2.27. The summed E-state index contributed by atoms with van der Waals surface area (Å²) in [5, 5.41) is 5.11. The Morgan fingerprint density at radius 1 is 0.679 bits per heavy atom. The fourth-order valence-electron chi connectivity index (χ4n) is 2.68. The zero-order valence-corrected chi connectivity index (χ0v) is 15.9. The van der Waals surface area contributed by atoms with Crippen molar-refractivity contribution in [2.24, 2.45) is 5.14 Å². The topological polar surface area (TPSA) is 60.2 Å². The van der Waals surface area contributed by atoms with Crippen LogP contribution in [0.4, 0.5) is 17.6 Å². The largest absolute Gasteiger partial charge is 0.238 e. The minimum Gasteiger partial charge on any atom is -0.225 e. The number of benzene rings is 3. The first kappa shape index (κ1) is 20.6. The van der Waals surface area contributed by atoms with Crippen molar-refractivity contribution >= 4 is 33.2 Å². The average Bonchev–Trinajstić information content (AvgIpc) is 2.61. The van der Waals surface area contributed by atoms with E-state index in [0.717, 1.165) is 24.3 Å². The Balaban J connectivity index is 2.37. The van der Waals surface area contributed by atoms with Gasteiger partial charge in [-0.25, -0.2) is 31.1 Å². The molecule has 3 aromatic rings. The molecule has 0 saturated carbocycles. The second-order valence-corrected chi connectivity index (χ2v) is 8.17. The summed E-state index contributed by atoms with van der Waals surface area (Å²) in [6, 6.07) is 7.95. The van der Waals surface area contributed by atoms with Gasteiger partial charge in [-0.05, 0) is 41.5 Å². The van der Waals surface area contributed by atoms with Crippen molar-refractivity contribution in [1.29, 1.82) is 0 Å². The molecular formula is C18H9Cl2F4NO2S. The summed E-state index contributed by atoms with van der Waals surface area (Å²) in [6.07, 6.45) is 0. The van der Waals surface area contributed by atoms with Crippen LogP contribution in [0.15, 0.2) is 47.4 Å². The smallest absolute Gasteiger partial charge is 0.225 e. The van der Waals surface area contributed by atoms with E-state index in [-0.39, 0.29) is 26.1 Å². The number of rotatable bonds is 3. The molecule has 3 aromatic carbocycles. The van der Waals surface area contributed by atoms with E-state index >= 15 is 0 Å². The molecule has 10 heteroatoms. The fraction of sp³-hybridized carbons (Fsp3) is 0. The third kappa shape index (κ3) is 3.73. The standard InChI is InChI=1S/C18H9Cl2F4NO2S/c19-10-5-9(6-11(20)7-10)14-13(15(21)17(23)18(24)16(14)22)8-1-3-12(4-2-8)28(25,26)27/h1-7H,(H2,25,26,27). The number of sulfonamides is 1. The summed E-state index contributed by atoms with van der Waals surface area (Å²) >= 11 is 11.8. The summed E-state index contributed by atoms with van der Waals surface area (Å²) < 4.78 is 79.8. The highest BCUT2D eigenvalue weighted by molar-refractivity contribution is 7.89. The Kier molecular flexibility index (Phi) is 5.42. The van der Waals surface area contributed by atoms with E-state index in [4.69, 9.17) is 28.3 Å². The maximum Gasteiger partial charge on any atom is 0.238 e. The van der Waals surface area contributed by atoms with Gasteiger partial charge in [0, 0.05) is 21.2 Å². The summed E-state index contributed by atoms with van der Waals surface area (Å²) in [4.78, 5) is -0.299. The predicted molar refractivity (Wildman–Crippen MR) is 98.5 cm³/mol. The van der Waals surface area contributed by atoms with Crippen LogP contribution >= 0.6 is 23.2 Å². The predicted octanol–water partition coefficient (Wildman–Crippen LogP) is 5.53. The van der Waals surface area contributed by atoms with Crippen molar-refractivity contribution in [3.63, 3.8) is 0 Å².